The first-order valence-corrected chi connectivity index (χ1v) is 11.6. The van der Waals surface area contributed by atoms with Crippen LogP contribution >= 0.6 is 0 Å². The van der Waals surface area contributed by atoms with Gasteiger partial charge in [0.25, 0.3) is 0 Å². The SMILES string of the molecule is CC1CCCC(C)N1[SiH2][SiH](C)C. The number of piperidine rings is 1. The lowest BCUT2D eigenvalue weighted by atomic mass is 10.0. The molecule has 2 atom stereocenters. The summed E-state index contributed by atoms with van der Waals surface area (Å²) in [7, 11) is -0.0782. The molecular formula is C9H23NSi2. The molecule has 1 fully saturated rings. The van der Waals surface area contributed by atoms with E-state index in [0.717, 1.165) is 12.1 Å². The maximum atomic E-state index is 2.88. The summed E-state index contributed by atoms with van der Waals surface area (Å²) in [6.07, 6.45) is 4.38. The fourth-order valence-corrected chi connectivity index (χ4v) is 8.87. The van der Waals surface area contributed by atoms with Crippen LogP contribution in [0.4, 0.5) is 0 Å². The zero-order chi connectivity index (χ0) is 9.14. The van der Waals surface area contributed by atoms with Crippen molar-refractivity contribution in [3.05, 3.63) is 0 Å². The summed E-state index contributed by atoms with van der Waals surface area (Å²) in [5, 5.41) is 0. The Balaban J connectivity index is 2.45. The molecule has 1 heterocycles. The van der Waals surface area contributed by atoms with Crippen molar-refractivity contribution < 1.29 is 0 Å². The quantitative estimate of drug-likeness (QED) is 0.609. The number of rotatable bonds is 2. The van der Waals surface area contributed by atoms with Gasteiger partial charge in [-0.2, -0.15) is 0 Å². The highest BCUT2D eigenvalue weighted by molar-refractivity contribution is 7.10. The molecule has 1 rings (SSSR count). The van der Waals surface area contributed by atoms with E-state index >= 15 is 0 Å². The topological polar surface area (TPSA) is 3.24 Å². The molecule has 1 aliphatic heterocycles. The molecule has 0 radical (unpaired) electrons. The predicted molar refractivity (Wildman–Crippen MR) is 62.0 cm³/mol. The summed E-state index contributed by atoms with van der Waals surface area (Å²) < 4.78 is 2.88. The van der Waals surface area contributed by atoms with Crippen LogP contribution in [-0.4, -0.2) is 34.2 Å². The van der Waals surface area contributed by atoms with Gasteiger partial charge in [0, 0.05) is 8.31 Å². The molecule has 72 valence electrons. The molecule has 0 aromatic carbocycles. The Labute approximate surface area is 80.8 Å². The van der Waals surface area contributed by atoms with Crippen molar-refractivity contribution in [3.63, 3.8) is 0 Å². The fraction of sp³-hybridized carbons (Fsp3) is 1.00. The highest BCUT2D eigenvalue weighted by atomic mass is 29.2. The van der Waals surface area contributed by atoms with E-state index in [-0.39, 0.29) is 17.5 Å². The van der Waals surface area contributed by atoms with Gasteiger partial charge in [-0.15, -0.1) is 0 Å². The summed E-state index contributed by atoms with van der Waals surface area (Å²) >= 11 is 0. The first kappa shape index (κ1) is 10.5. The molecule has 1 aliphatic rings. The van der Waals surface area contributed by atoms with Crippen LogP contribution in [0.3, 0.4) is 0 Å². The third kappa shape index (κ3) is 2.71. The van der Waals surface area contributed by atoms with Gasteiger partial charge in [0.2, 0.25) is 0 Å². The van der Waals surface area contributed by atoms with Gasteiger partial charge in [-0.3, -0.25) is 0 Å². The Morgan fingerprint density at radius 2 is 1.67 bits per heavy atom. The average Bonchev–Trinajstić information content (AvgIpc) is 1.97. The van der Waals surface area contributed by atoms with Gasteiger partial charge in [0.05, 0.1) is 9.20 Å². The molecule has 0 spiro atoms. The number of hydrogen-bond acceptors (Lipinski definition) is 1. The molecule has 0 amide bonds. The summed E-state index contributed by atoms with van der Waals surface area (Å²) in [5.74, 6) is 0. The van der Waals surface area contributed by atoms with Crippen molar-refractivity contribution >= 4 is 17.5 Å². The zero-order valence-corrected chi connectivity index (χ0v) is 11.6. The second-order valence-corrected chi connectivity index (χ2v) is 14.6. The van der Waals surface area contributed by atoms with E-state index < -0.39 is 0 Å². The smallest absolute Gasteiger partial charge is 0.0834 e. The van der Waals surface area contributed by atoms with Crippen molar-refractivity contribution in [1.82, 2.24) is 4.57 Å². The van der Waals surface area contributed by atoms with Gasteiger partial charge in [0.15, 0.2) is 0 Å². The minimum absolute atomic E-state index is 0.178. The van der Waals surface area contributed by atoms with E-state index in [1.54, 1.807) is 0 Å². The second-order valence-electron chi connectivity index (χ2n) is 4.72. The van der Waals surface area contributed by atoms with E-state index in [1.165, 1.54) is 19.3 Å². The van der Waals surface area contributed by atoms with Crippen molar-refractivity contribution in [2.75, 3.05) is 0 Å². The van der Waals surface area contributed by atoms with Crippen LogP contribution in [0.1, 0.15) is 33.1 Å². The molecule has 3 heteroatoms. The van der Waals surface area contributed by atoms with E-state index in [0.29, 0.717) is 0 Å². The van der Waals surface area contributed by atoms with Crippen molar-refractivity contribution in [2.45, 2.75) is 58.3 Å². The molecule has 1 nitrogen and oxygen atoms in total. The molecule has 0 N–H and O–H groups in total. The summed E-state index contributed by atoms with van der Waals surface area (Å²) in [6, 6.07) is 1.82. The molecule has 0 aliphatic carbocycles. The molecule has 0 bridgehead atoms. The van der Waals surface area contributed by atoms with Crippen LogP contribution < -0.4 is 0 Å². The van der Waals surface area contributed by atoms with E-state index in [9.17, 15) is 0 Å². The van der Waals surface area contributed by atoms with E-state index in [2.05, 4.69) is 31.5 Å². The lowest BCUT2D eigenvalue weighted by molar-refractivity contribution is 0.209. The van der Waals surface area contributed by atoms with E-state index in [4.69, 9.17) is 0 Å². The Kier molecular flexibility index (Phi) is 4.00. The Morgan fingerprint density at radius 1 is 1.17 bits per heavy atom. The van der Waals surface area contributed by atoms with Crippen LogP contribution in [0.2, 0.25) is 13.1 Å². The molecule has 12 heavy (non-hydrogen) atoms. The predicted octanol–water partition coefficient (Wildman–Crippen LogP) is 1.32. The van der Waals surface area contributed by atoms with Gasteiger partial charge < -0.3 is 4.57 Å². The van der Waals surface area contributed by atoms with Crippen molar-refractivity contribution in [1.29, 1.82) is 0 Å². The third-order valence-electron chi connectivity index (χ3n) is 2.95. The van der Waals surface area contributed by atoms with Gasteiger partial charge in [-0.1, -0.05) is 33.4 Å². The van der Waals surface area contributed by atoms with Gasteiger partial charge in [-0.05, 0) is 24.9 Å². The largest absolute Gasteiger partial charge is 0.327 e. The van der Waals surface area contributed by atoms with Crippen LogP contribution in [0.15, 0.2) is 0 Å². The monoisotopic (exact) mass is 201 g/mol. The first-order chi connectivity index (χ1) is 5.61. The Hall–Kier alpha value is 0.394. The van der Waals surface area contributed by atoms with Gasteiger partial charge in [-0.25, -0.2) is 0 Å². The second kappa shape index (κ2) is 4.58. The molecule has 1 saturated heterocycles. The summed E-state index contributed by atoms with van der Waals surface area (Å²) in [4.78, 5) is 0. The lowest BCUT2D eigenvalue weighted by Gasteiger charge is -2.40. The Morgan fingerprint density at radius 3 is 2.08 bits per heavy atom. The first-order valence-electron chi connectivity index (χ1n) is 5.37. The maximum absolute atomic E-state index is 2.88. The van der Waals surface area contributed by atoms with Crippen LogP contribution in [-0.2, 0) is 0 Å². The third-order valence-corrected chi connectivity index (χ3v) is 8.81. The maximum Gasteiger partial charge on any atom is 0.0834 e. The lowest BCUT2D eigenvalue weighted by Crippen LogP contribution is -2.49. The zero-order valence-electron chi connectivity index (χ0n) is 9.01. The average molecular weight is 201 g/mol. The fourth-order valence-electron chi connectivity index (χ4n) is 2.26. The molecule has 0 saturated carbocycles. The van der Waals surface area contributed by atoms with Crippen LogP contribution in [0.5, 0.6) is 0 Å². The summed E-state index contributed by atoms with van der Waals surface area (Å²) in [6.45, 7) is 9.89. The highest BCUT2D eigenvalue weighted by Gasteiger charge is 2.24. The molecule has 0 aromatic rings. The Bertz CT molecular complexity index is 128. The molecule has 0 aromatic heterocycles. The normalized spacial score (nSPS) is 33.8. The molecule has 2 unspecified atom stereocenters. The van der Waals surface area contributed by atoms with Crippen molar-refractivity contribution in [2.24, 2.45) is 0 Å². The van der Waals surface area contributed by atoms with E-state index in [1.807, 2.05) is 0 Å². The molecular weight excluding hydrogens is 178 g/mol. The van der Waals surface area contributed by atoms with Crippen LogP contribution in [0.25, 0.3) is 0 Å². The van der Waals surface area contributed by atoms with Crippen molar-refractivity contribution in [3.8, 4) is 0 Å². The highest BCUT2D eigenvalue weighted by Crippen LogP contribution is 2.21. The minimum atomic E-state index is -0.256. The number of hydrogen-bond donors (Lipinski definition) is 0. The summed E-state index contributed by atoms with van der Waals surface area (Å²) in [5.41, 5.74) is 0. The number of nitrogens with zero attached hydrogens (tertiary/aromatic N) is 1. The van der Waals surface area contributed by atoms with Gasteiger partial charge >= 0.3 is 0 Å². The van der Waals surface area contributed by atoms with Gasteiger partial charge in [0.1, 0.15) is 0 Å². The van der Waals surface area contributed by atoms with Crippen LogP contribution in [0, 0.1) is 0 Å². The standard InChI is InChI=1S/C9H23NSi2/c1-8-6-5-7-9(2)10(8)11-12(3)4/h8-9,12H,5-7,11H2,1-4H3. The minimum Gasteiger partial charge on any atom is -0.327 e.